The molecule has 0 bridgehead atoms. The molecular weight excluding hydrogens is 246 g/mol. The molecule has 18 heavy (non-hydrogen) atoms. The van der Waals surface area contributed by atoms with Gasteiger partial charge in [0.1, 0.15) is 16.6 Å². The van der Waals surface area contributed by atoms with E-state index >= 15 is 0 Å². The van der Waals surface area contributed by atoms with Crippen LogP contribution in [-0.4, -0.2) is 17.1 Å². The lowest BCUT2D eigenvalue weighted by Gasteiger charge is -2.04. The highest BCUT2D eigenvalue weighted by Crippen LogP contribution is 2.35. The van der Waals surface area contributed by atoms with E-state index in [-0.39, 0.29) is 0 Å². The first kappa shape index (κ1) is 11.0. The molecule has 0 aliphatic carbocycles. The van der Waals surface area contributed by atoms with Crippen LogP contribution in [0.1, 0.15) is 0 Å². The fourth-order valence-electron chi connectivity index (χ4n) is 1.79. The van der Waals surface area contributed by atoms with Crippen LogP contribution in [0, 0.1) is 0 Å². The number of nitrogens with zero attached hydrogens (tertiary/aromatic N) is 2. The van der Waals surface area contributed by atoms with E-state index in [1.807, 2.05) is 24.3 Å². The monoisotopic (exact) mass is 257 g/mol. The number of para-hydroxylation sites is 1. The summed E-state index contributed by atoms with van der Waals surface area (Å²) in [7, 11) is 1.66. The quantitative estimate of drug-likeness (QED) is 0.766. The second-order valence-electron chi connectivity index (χ2n) is 3.80. The highest BCUT2D eigenvalue weighted by Gasteiger charge is 2.10. The molecule has 0 saturated carbocycles. The molecule has 1 aromatic carbocycles. The summed E-state index contributed by atoms with van der Waals surface area (Å²) in [5, 5.41) is 0.912. The Morgan fingerprint density at radius 1 is 1.28 bits per heavy atom. The second-order valence-corrected chi connectivity index (χ2v) is 4.83. The van der Waals surface area contributed by atoms with E-state index in [2.05, 4.69) is 9.97 Å². The minimum absolute atomic E-state index is 0.486. The van der Waals surface area contributed by atoms with Crippen LogP contribution in [-0.2, 0) is 0 Å². The normalized spacial score (nSPS) is 10.7. The average molecular weight is 257 g/mol. The number of hydrogen-bond acceptors (Lipinski definition) is 5. The highest BCUT2D eigenvalue weighted by molar-refractivity contribution is 7.21. The van der Waals surface area contributed by atoms with Crippen molar-refractivity contribution in [3.8, 4) is 16.3 Å². The SMILES string of the molecule is COc1ccccc1-c1nc2cc(N)ncc2s1. The lowest BCUT2D eigenvalue weighted by molar-refractivity contribution is 0.416. The maximum atomic E-state index is 5.66. The third kappa shape index (κ3) is 1.78. The summed E-state index contributed by atoms with van der Waals surface area (Å²) in [5.41, 5.74) is 7.51. The summed E-state index contributed by atoms with van der Waals surface area (Å²) < 4.78 is 6.36. The molecule has 2 aromatic heterocycles. The van der Waals surface area contributed by atoms with E-state index in [4.69, 9.17) is 10.5 Å². The summed E-state index contributed by atoms with van der Waals surface area (Å²) in [6.07, 6.45) is 1.75. The van der Waals surface area contributed by atoms with Gasteiger partial charge in [0, 0.05) is 12.3 Å². The van der Waals surface area contributed by atoms with Gasteiger partial charge in [0.2, 0.25) is 0 Å². The zero-order valence-corrected chi connectivity index (χ0v) is 10.6. The van der Waals surface area contributed by atoms with Gasteiger partial charge >= 0.3 is 0 Å². The van der Waals surface area contributed by atoms with Crippen LogP contribution in [0.25, 0.3) is 20.8 Å². The van der Waals surface area contributed by atoms with Crippen LogP contribution < -0.4 is 10.5 Å². The number of thiazole rings is 1. The van der Waals surface area contributed by atoms with Crippen molar-refractivity contribution in [2.75, 3.05) is 12.8 Å². The van der Waals surface area contributed by atoms with Crippen molar-refractivity contribution in [3.05, 3.63) is 36.5 Å². The van der Waals surface area contributed by atoms with Crippen LogP contribution in [0.15, 0.2) is 36.5 Å². The molecule has 90 valence electrons. The Morgan fingerprint density at radius 2 is 2.11 bits per heavy atom. The Kier molecular flexibility index (Phi) is 2.60. The number of aromatic nitrogens is 2. The number of ether oxygens (including phenoxy) is 1. The maximum absolute atomic E-state index is 5.66. The van der Waals surface area contributed by atoms with Gasteiger partial charge in [-0.25, -0.2) is 9.97 Å². The van der Waals surface area contributed by atoms with Gasteiger partial charge in [-0.2, -0.15) is 0 Å². The van der Waals surface area contributed by atoms with Crippen LogP contribution in [0.4, 0.5) is 5.82 Å². The Balaban J connectivity index is 2.19. The van der Waals surface area contributed by atoms with Gasteiger partial charge in [0.05, 0.1) is 22.9 Å². The molecule has 0 aliphatic rings. The summed E-state index contributed by atoms with van der Waals surface area (Å²) in [6.45, 7) is 0. The molecule has 2 N–H and O–H groups in total. The lowest BCUT2D eigenvalue weighted by atomic mass is 10.2. The molecule has 0 atom stereocenters. The summed E-state index contributed by atoms with van der Waals surface area (Å²) >= 11 is 1.58. The number of nitrogen functional groups attached to an aromatic ring is 1. The van der Waals surface area contributed by atoms with Crippen molar-refractivity contribution in [2.45, 2.75) is 0 Å². The van der Waals surface area contributed by atoms with Crippen molar-refractivity contribution in [2.24, 2.45) is 0 Å². The molecule has 0 spiro atoms. The number of rotatable bonds is 2. The first-order chi connectivity index (χ1) is 8.78. The summed E-state index contributed by atoms with van der Waals surface area (Å²) in [5.74, 6) is 1.30. The minimum atomic E-state index is 0.486. The predicted octanol–water partition coefficient (Wildman–Crippen LogP) is 2.95. The number of fused-ring (bicyclic) bond motifs is 1. The zero-order valence-electron chi connectivity index (χ0n) is 9.75. The van der Waals surface area contributed by atoms with E-state index in [0.717, 1.165) is 26.5 Å². The summed E-state index contributed by atoms with van der Waals surface area (Å²) in [4.78, 5) is 8.64. The van der Waals surface area contributed by atoms with Gasteiger partial charge in [0.15, 0.2) is 0 Å². The van der Waals surface area contributed by atoms with Gasteiger partial charge in [-0.15, -0.1) is 11.3 Å². The van der Waals surface area contributed by atoms with Crippen molar-refractivity contribution in [1.29, 1.82) is 0 Å². The smallest absolute Gasteiger partial charge is 0.129 e. The standard InChI is InChI=1S/C13H11N3OS/c1-17-10-5-3-2-4-8(10)13-16-9-6-12(14)15-7-11(9)18-13/h2-7H,1H3,(H2,14,15). The lowest BCUT2D eigenvalue weighted by Crippen LogP contribution is -1.87. The van der Waals surface area contributed by atoms with Gasteiger partial charge < -0.3 is 10.5 Å². The first-order valence-corrected chi connectivity index (χ1v) is 6.25. The number of nitrogens with two attached hydrogens (primary N) is 1. The number of benzene rings is 1. The van der Waals surface area contributed by atoms with Crippen LogP contribution in [0.3, 0.4) is 0 Å². The van der Waals surface area contributed by atoms with E-state index in [0.29, 0.717) is 5.82 Å². The van der Waals surface area contributed by atoms with E-state index in [9.17, 15) is 0 Å². The Morgan fingerprint density at radius 3 is 2.94 bits per heavy atom. The van der Waals surface area contributed by atoms with Crippen molar-refractivity contribution in [3.63, 3.8) is 0 Å². The van der Waals surface area contributed by atoms with Crippen molar-refractivity contribution in [1.82, 2.24) is 9.97 Å². The molecule has 0 aliphatic heterocycles. The van der Waals surface area contributed by atoms with Crippen molar-refractivity contribution >= 4 is 27.4 Å². The molecule has 0 fully saturated rings. The van der Waals surface area contributed by atoms with E-state index in [1.54, 1.807) is 30.7 Å². The number of hydrogen-bond donors (Lipinski definition) is 1. The topological polar surface area (TPSA) is 61.0 Å². The maximum Gasteiger partial charge on any atom is 0.129 e. The second kappa shape index (κ2) is 4.27. The Labute approximate surface area is 108 Å². The fourth-order valence-corrected chi connectivity index (χ4v) is 2.73. The minimum Gasteiger partial charge on any atom is -0.496 e. The van der Waals surface area contributed by atoms with E-state index in [1.165, 1.54) is 0 Å². The molecule has 0 saturated heterocycles. The van der Waals surface area contributed by atoms with Crippen molar-refractivity contribution < 1.29 is 4.74 Å². The Bertz CT molecular complexity index is 708. The molecule has 0 amide bonds. The zero-order chi connectivity index (χ0) is 12.5. The molecule has 2 heterocycles. The number of pyridine rings is 1. The molecule has 0 unspecified atom stereocenters. The fraction of sp³-hybridized carbons (Fsp3) is 0.0769. The largest absolute Gasteiger partial charge is 0.496 e. The van der Waals surface area contributed by atoms with Gasteiger partial charge in [-0.1, -0.05) is 12.1 Å². The first-order valence-electron chi connectivity index (χ1n) is 5.43. The highest BCUT2D eigenvalue weighted by atomic mass is 32.1. The van der Waals surface area contributed by atoms with Crippen LogP contribution in [0.5, 0.6) is 5.75 Å². The molecule has 4 nitrogen and oxygen atoms in total. The molecule has 3 rings (SSSR count). The summed E-state index contributed by atoms with van der Waals surface area (Å²) in [6, 6.07) is 9.61. The third-order valence-electron chi connectivity index (χ3n) is 2.63. The number of methoxy groups -OCH3 is 1. The van der Waals surface area contributed by atoms with Gasteiger partial charge in [-0.3, -0.25) is 0 Å². The molecule has 3 aromatic rings. The third-order valence-corrected chi connectivity index (χ3v) is 3.67. The van der Waals surface area contributed by atoms with Crippen LogP contribution >= 0.6 is 11.3 Å². The molecule has 0 radical (unpaired) electrons. The molecular formula is C13H11N3OS. The van der Waals surface area contributed by atoms with E-state index < -0.39 is 0 Å². The molecule has 5 heteroatoms. The Hall–Kier alpha value is -2.14. The predicted molar refractivity (Wildman–Crippen MR) is 73.8 cm³/mol. The van der Waals surface area contributed by atoms with Crippen LogP contribution in [0.2, 0.25) is 0 Å². The average Bonchev–Trinajstić information content (AvgIpc) is 2.81. The van der Waals surface area contributed by atoms with Gasteiger partial charge in [-0.05, 0) is 12.1 Å². The van der Waals surface area contributed by atoms with Gasteiger partial charge in [0.25, 0.3) is 0 Å². The number of anilines is 1.